The molecule has 0 bridgehead atoms. The molecule has 0 amide bonds. The van der Waals surface area contributed by atoms with Crippen molar-refractivity contribution in [1.82, 2.24) is 4.90 Å². The number of aliphatic hydroxyl groups excluding tert-OH is 1. The van der Waals surface area contributed by atoms with Crippen LogP contribution in [0.2, 0.25) is 0 Å². The number of nitrogens with zero attached hydrogens (tertiary/aromatic N) is 1. The summed E-state index contributed by atoms with van der Waals surface area (Å²) < 4.78 is 5.91. The summed E-state index contributed by atoms with van der Waals surface area (Å²) in [6, 6.07) is 18.7. The van der Waals surface area contributed by atoms with Crippen molar-refractivity contribution in [2.75, 3.05) is 20.6 Å². The fourth-order valence-electron chi connectivity index (χ4n) is 4.04. The summed E-state index contributed by atoms with van der Waals surface area (Å²) >= 11 is 0. The van der Waals surface area contributed by atoms with Crippen LogP contribution in [-0.4, -0.2) is 36.8 Å². The lowest BCUT2D eigenvalue weighted by Gasteiger charge is -2.36. The summed E-state index contributed by atoms with van der Waals surface area (Å²) in [7, 11) is 4.22. The number of likely N-dealkylation sites (N-methyl/N-ethyl adjacent to an activating group) is 1. The van der Waals surface area contributed by atoms with Gasteiger partial charge >= 0.3 is 0 Å². The van der Waals surface area contributed by atoms with E-state index in [4.69, 9.17) is 4.74 Å². The molecule has 3 atom stereocenters. The van der Waals surface area contributed by atoms with Gasteiger partial charge in [-0.25, -0.2) is 0 Å². The topological polar surface area (TPSA) is 32.7 Å². The quantitative estimate of drug-likeness (QED) is 0.797. The van der Waals surface area contributed by atoms with Crippen molar-refractivity contribution in [3.8, 4) is 5.75 Å². The second-order valence-corrected chi connectivity index (χ2v) is 7.73. The van der Waals surface area contributed by atoms with E-state index < -0.39 is 0 Å². The Labute approximate surface area is 157 Å². The summed E-state index contributed by atoms with van der Waals surface area (Å²) in [6.45, 7) is 1.55. The van der Waals surface area contributed by atoms with Crippen molar-refractivity contribution in [2.24, 2.45) is 5.92 Å². The van der Waals surface area contributed by atoms with Gasteiger partial charge in [-0.15, -0.1) is 0 Å². The van der Waals surface area contributed by atoms with E-state index in [2.05, 4.69) is 55.4 Å². The van der Waals surface area contributed by atoms with Crippen LogP contribution in [0.15, 0.2) is 54.6 Å². The predicted octanol–water partition coefficient (Wildman–Crippen LogP) is 4.46. The lowest BCUT2D eigenvalue weighted by molar-refractivity contribution is 0.0494. The van der Waals surface area contributed by atoms with Gasteiger partial charge in [0.25, 0.3) is 0 Å². The molecule has 1 aliphatic rings. The van der Waals surface area contributed by atoms with Crippen molar-refractivity contribution in [3.05, 3.63) is 65.7 Å². The van der Waals surface area contributed by atoms with Gasteiger partial charge in [0, 0.05) is 12.5 Å². The first-order chi connectivity index (χ1) is 12.6. The first kappa shape index (κ1) is 18.9. The van der Waals surface area contributed by atoms with Crippen molar-refractivity contribution in [1.29, 1.82) is 0 Å². The van der Waals surface area contributed by atoms with Crippen LogP contribution in [0.25, 0.3) is 0 Å². The average Bonchev–Trinajstić information content (AvgIpc) is 2.66. The number of rotatable bonds is 7. The van der Waals surface area contributed by atoms with Crippen molar-refractivity contribution < 1.29 is 9.84 Å². The number of aliphatic hydroxyl groups is 1. The Morgan fingerprint density at radius 1 is 1.00 bits per heavy atom. The van der Waals surface area contributed by atoms with Crippen molar-refractivity contribution >= 4 is 0 Å². The van der Waals surface area contributed by atoms with Gasteiger partial charge in [-0.2, -0.15) is 0 Å². The highest BCUT2D eigenvalue weighted by Gasteiger charge is 2.31. The lowest BCUT2D eigenvalue weighted by Crippen LogP contribution is -2.35. The third-order valence-corrected chi connectivity index (χ3v) is 5.42. The maximum absolute atomic E-state index is 10.5. The molecular formula is C23H31NO2. The highest BCUT2D eigenvalue weighted by Crippen LogP contribution is 2.37. The molecule has 0 aliphatic heterocycles. The summed E-state index contributed by atoms with van der Waals surface area (Å²) in [4.78, 5) is 2.23. The smallest absolute Gasteiger partial charge is 0.119 e. The zero-order valence-corrected chi connectivity index (χ0v) is 16.0. The standard InChI is InChI=1S/C23H31NO2/c1-24(2)16-22(21-10-6-7-11-23(21)25)19-12-14-20(15-13-19)26-17-18-8-4-3-5-9-18/h3-5,8-9,12-15,21-23,25H,6-7,10-11,16-17H2,1-2H3/t21-,22?,23+/m1/s1. The molecule has 3 heteroatoms. The zero-order valence-electron chi connectivity index (χ0n) is 16.0. The van der Waals surface area contributed by atoms with E-state index in [1.54, 1.807) is 0 Å². The van der Waals surface area contributed by atoms with E-state index in [0.29, 0.717) is 18.4 Å². The lowest BCUT2D eigenvalue weighted by atomic mass is 9.75. The molecule has 2 aromatic carbocycles. The average molecular weight is 354 g/mol. The highest BCUT2D eigenvalue weighted by atomic mass is 16.5. The minimum atomic E-state index is -0.178. The molecule has 1 fully saturated rings. The number of hydrogen-bond acceptors (Lipinski definition) is 3. The molecule has 3 nitrogen and oxygen atoms in total. The van der Waals surface area contributed by atoms with Crippen LogP contribution < -0.4 is 4.74 Å². The first-order valence-corrected chi connectivity index (χ1v) is 9.73. The summed E-state index contributed by atoms with van der Waals surface area (Å²) in [6.07, 6.45) is 4.25. The van der Waals surface area contributed by atoms with Crippen LogP contribution in [0.3, 0.4) is 0 Å². The second kappa shape index (κ2) is 9.20. The molecule has 1 N–H and O–H groups in total. The molecule has 0 aromatic heterocycles. The van der Waals surface area contributed by atoms with Gasteiger partial charge in [-0.1, -0.05) is 55.3 Å². The summed E-state index contributed by atoms with van der Waals surface area (Å²) in [5.41, 5.74) is 2.48. The predicted molar refractivity (Wildman–Crippen MR) is 106 cm³/mol. The Balaban J connectivity index is 1.69. The molecule has 3 rings (SSSR count). The molecule has 26 heavy (non-hydrogen) atoms. The third kappa shape index (κ3) is 5.09. The van der Waals surface area contributed by atoms with E-state index >= 15 is 0 Å². The first-order valence-electron chi connectivity index (χ1n) is 9.73. The van der Waals surface area contributed by atoms with Crippen LogP contribution in [0.4, 0.5) is 0 Å². The molecular weight excluding hydrogens is 322 g/mol. The minimum absolute atomic E-state index is 0.178. The molecule has 0 saturated heterocycles. The largest absolute Gasteiger partial charge is 0.489 e. The maximum Gasteiger partial charge on any atom is 0.119 e. The van der Waals surface area contributed by atoms with Crippen LogP contribution in [0, 0.1) is 5.92 Å². The summed E-state index contributed by atoms with van der Waals surface area (Å²) in [5.74, 6) is 1.61. The van der Waals surface area contributed by atoms with E-state index in [0.717, 1.165) is 31.6 Å². The molecule has 0 radical (unpaired) electrons. The fraction of sp³-hybridized carbons (Fsp3) is 0.478. The molecule has 1 aliphatic carbocycles. The Kier molecular flexibility index (Phi) is 6.70. The maximum atomic E-state index is 10.5. The van der Waals surface area contributed by atoms with Crippen LogP contribution in [0.1, 0.15) is 42.7 Å². The molecule has 1 unspecified atom stereocenters. The normalized spacial score (nSPS) is 21.5. The monoisotopic (exact) mass is 353 g/mol. The van der Waals surface area contributed by atoms with Gasteiger partial charge < -0.3 is 14.7 Å². The minimum Gasteiger partial charge on any atom is -0.489 e. The Morgan fingerprint density at radius 3 is 2.35 bits per heavy atom. The van der Waals surface area contributed by atoms with Gasteiger partial charge in [0.1, 0.15) is 12.4 Å². The van der Waals surface area contributed by atoms with Gasteiger partial charge in [0.2, 0.25) is 0 Å². The van der Waals surface area contributed by atoms with Gasteiger partial charge in [0.15, 0.2) is 0 Å². The van der Waals surface area contributed by atoms with Gasteiger partial charge in [-0.05, 0) is 56.1 Å². The Hall–Kier alpha value is -1.84. The fourth-order valence-corrected chi connectivity index (χ4v) is 4.04. The van der Waals surface area contributed by atoms with E-state index in [1.807, 2.05) is 18.2 Å². The van der Waals surface area contributed by atoms with Gasteiger partial charge in [0.05, 0.1) is 6.10 Å². The van der Waals surface area contributed by atoms with Crippen LogP contribution in [-0.2, 0) is 6.61 Å². The van der Waals surface area contributed by atoms with Gasteiger partial charge in [-0.3, -0.25) is 0 Å². The molecule has 0 spiro atoms. The molecule has 140 valence electrons. The summed E-state index contributed by atoms with van der Waals surface area (Å²) in [5, 5.41) is 10.5. The number of hydrogen-bond donors (Lipinski definition) is 1. The SMILES string of the molecule is CN(C)CC(c1ccc(OCc2ccccc2)cc1)[C@H]1CCCC[C@@H]1O. The molecule has 2 aromatic rings. The Bertz CT molecular complexity index is 654. The highest BCUT2D eigenvalue weighted by molar-refractivity contribution is 5.31. The van der Waals surface area contributed by atoms with E-state index in [1.165, 1.54) is 17.5 Å². The third-order valence-electron chi connectivity index (χ3n) is 5.42. The molecule has 1 saturated carbocycles. The number of benzene rings is 2. The van der Waals surface area contributed by atoms with E-state index in [-0.39, 0.29) is 6.10 Å². The molecule has 0 heterocycles. The van der Waals surface area contributed by atoms with Crippen LogP contribution in [0.5, 0.6) is 5.75 Å². The second-order valence-electron chi connectivity index (χ2n) is 7.73. The van der Waals surface area contributed by atoms with Crippen LogP contribution >= 0.6 is 0 Å². The number of ether oxygens (including phenoxy) is 1. The van der Waals surface area contributed by atoms with Crippen molar-refractivity contribution in [3.63, 3.8) is 0 Å². The van der Waals surface area contributed by atoms with Crippen molar-refractivity contribution in [2.45, 2.75) is 44.3 Å². The van der Waals surface area contributed by atoms with E-state index in [9.17, 15) is 5.11 Å². The Morgan fingerprint density at radius 2 is 1.69 bits per heavy atom. The zero-order chi connectivity index (χ0) is 18.4.